The SMILES string of the molecule is O[C@H](c1cccc(Oc2ccccc2)c1)C(F)(F)F. The quantitative estimate of drug-likeness (QED) is 0.909. The average Bonchev–Trinajstić information content (AvgIpc) is 2.38. The first kappa shape index (κ1) is 13.4. The van der Waals surface area contributed by atoms with Crippen molar-refractivity contribution in [2.45, 2.75) is 12.3 Å². The van der Waals surface area contributed by atoms with Crippen LogP contribution in [0.15, 0.2) is 54.6 Å². The number of halogens is 3. The Morgan fingerprint density at radius 1 is 0.895 bits per heavy atom. The zero-order valence-corrected chi connectivity index (χ0v) is 9.76. The van der Waals surface area contributed by atoms with Gasteiger partial charge in [0.2, 0.25) is 0 Å². The van der Waals surface area contributed by atoms with Crippen molar-refractivity contribution in [3.63, 3.8) is 0 Å². The van der Waals surface area contributed by atoms with E-state index in [1.165, 1.54) is 24.3 Å². The van der Waals surface area contributed by atoms with E-state index in [1.54, 1.807) is 30.3 Å². The Morgan fingerprint density at radius 2 is 1.53 bits per heavy atom. The lowest BCUT2D eigenvalue weighted by atomic mass is 10.1. The molecule has 2 aromatic carbocycles. The van der Waals surface area contributed by atoms with E-state index in [-0.39, 0.29) is 11.3 Å². The predicted molar refractivity (Wildman–Crippen MR) is 64.0 cm³/mol. The molecule has 0 heterocycles. The van der Waals surface area contributed by atoms with Gasteiger partial charge in [-0.3, -0.25) is 0 Å². The van der Waals surface area contributed by atoms with Gasteiger partial charge in [-0.05, 0) is 29.8 Å². The molecule has 0 saturated carbocycles. The number of benzene rings is 2. The van der Waals surface area contributed by atoms with Crippen LogP contribution in [0.4, 0.5) is 13.2 Å². The molecule has 0 aromatic heterocycles. The fourth-order valence-corrected chi connectivity index (χ4v) is 1.56. The highest BCUT2D eigenvalue weighted by Gasteiger charge is 2.39. The van der Waals surface area contributed by atoms with E-state index in [1.807, 2.05) is 0 Å². The van der Waals surface area contributed by atoms with Crippen molar-refractivity contribution in [1.82, 2.24) is 0 Å². The third kappa shape index (κ3) is 3.48. The van der Waals surface area contributed by atoms with Gasteiger partial charge in [-0.15, -0.1) is 0 Å². The molecule has 0 aliphatic heterocycles. The number of para-hydroxylation sites is 1. The maximum absolute atomic E-state index is 12.4. The van der Waals surface area contributed by atoms with Gasteiger partial charge in [0, 0.05) is 0 Å². The van der Waals surface area contributed by atoms with Gasteiger partial charge in [0.25, 0.3) is 0 Å². The highest BCUT2D eigenvalue weighted by molar-refractivity contribution is 5.34. The van der Waals surface area contributed by atoms with Crippen LogP contribution in [0, 0.1) is 0 Å². The first-order valence-electron chi connectivity index (χ1n) is 5.54. The molecule has 100 valence electrons. The lowest BCUT2D eigenvalue weighted by Crippen LogP contribution is -2.20. The van der Waals surface area contributed by atoms with Gasteiger partial charge in [-0.2, -0.15) is 13.2 Å². The molecular weight excluding hydrogens is 257 g/mol. The van der Waals surface area contributed by atoms with Crippen molar-refractivity contribution >= 4 is 0 Å². The molecule has 0 fully saturated rings. The van der Waals surface area contributed by atoms with Crippen molar-refractivity contribution in [2.24, 2.45) is 0 Å². The number of hydrogen-bond acceptors (Lipinski definition) is 2. The minimum Gasteiger partial charge on any atom is -0.457 e. The van der Waals surface area contributed by atoms with Gasteiger partial charge >= 0.3 is 6.18 Å². The topological polar surface area (TPSA) is 29.5 Å². The monoisotopic (exact) mass is 268 g/mol. The van der Waals surface area contributed by atoms with Crippen LogP contribution in [-0.2, 0) is 0 Å². The van der Waals surface area contributed by atoms with Crippen LogP contribution in [0.3, 0.4) is 0 Å². The molecule has 0 bridgehead atoms. The molecule has 1 N–H and O–H groups in total. The third-order valence-corrected chi connectivity index (χ3v) is 2.46. The minimum atomic E-state index is -4.69. The number of rotatable bonds is 3. The molecule has 19 heavy (non-hydrogen) atoms. The molecule has 2 nitrogen and oxygen atoms in total. The van der Waals surface area contributed by atoms with Crippen molar-refractivity contribution in [1.29, 1.82) is 0 Å². The van der Waals surface area contributed by atoms with Gasteiger partial charge in [0.15, 0.2) is 6.10 Å². The van der Waals surface area contributed by atoms with E-state index in [2.05, 4.69) is 0 Å². The summed E-state index contributed by atoms with van der Waals surface area (Å²) in [6.45, 7) is 0. The van der Waals surface area contributed by atoms with Crippen molar-refractivity contribution in [3.05, 3.63) is 60.2 Å². The lowest BCUT2D eigenvalue weighted by Gasteiger charge is -2.15. The van der Waals surface area contributed by atoms with Crippen LogP contribution < -0.4 is 4.74 Å². The number of ether oxygens (including phenoxy) is 1. The number of hydrogen-bond donors (Lipinski definition) is 1. The molecule has 0 saturated heterocycles. The van der Waals surface area contributed by atoms with Crippen LogP contribution in [0.25, 0.3) is 0 Å². The molecule has 0 spiro atoms. The smallest absolute Gasteiger partial charge is 0.418 e. The summed E-state index contributed by atoms with van der Waals surface area (Å²) in [6, 6.07) is 14.0. The largest absolute Gasteiger partial charge is 0.457 e. The summed E-state index contributed by atoms with van der Waals surface area (Å²) in [6.07, 6.45) is -7.20. The van der Waals surface area contributed by atoms with Crippen LogP contribution >= 0.6 is 0 Å². The Labute approximate surface area is 108 Å². The molecule has 0 aliphatic rings. The Balaban J connectivity index is 2.20. The molecular formula is C14H11F3O2. The Hall–Kier alpha value is -2.01. The fourth-order valence-electron chi connectivity index (χ4n) is 1.56. The summed E-state index contributed by atoms with van der Waals surface area (Å²) in [5, 5.41) is 9.17. The van der Waals surface area contributed by atoms with Crippen LogP contribution in [0.1, 0.15) is 11.7 Å². The summed E-state index contributed by atoms with van der Waals surface area (Å²) in [7, 11) is 0. The minimum absolute atomic E-state index is 0.243. The second-order valence-corrected chi connectivity index (χ2v) is 3.93. The maximum Gasteiger partial charge on any atom is 0.418 e. The fraction of sp³-hybridized carbons (Fsp3) is 0.143. The molecule has 0 radical (unpaired) electrons. The summed E-state index contributed by atoms with van der Waals surface area (Å²) >= 11 is 0. The summed E-state index contributed by atoms with van der Waals surface area (Å²) < 4.78 is 42.6. The standard InChI is InChI=1S/C14H11F3O2/c15-14(16,17)13(18)10-5-4-8-12(9-10)19-11-6-2-1-3-7-11/h1-9,13,18H/t13-/m1/s1. The second kappa shape index (κ2) is 5.32. The molecule has 1 atom stereocenters. The number of aliphatic hydroxyl groups excluding tert-OH is 1. The molecule has 2 aromatic rings. The third-order valence-electron chi connectivity index (χ3n) is 2.46. The Kier molecular flexibility index (Phi) is 3.76. The Morgan fingerprint density at radius 3 is 2.16 bits per heavy atom. The van der Waals surface area contributed by atoms with Crippen molar-refractivity contribution in [2.75, 3.05) is 0 Å². The zero-order chi connectivity index (χ0) is 13.9. The molecule has 0 aliphatic carbocycles. The van der Waals surface area contributed by atoms with E-state index in [0.29, 0.717) is 5.75 Å². The summed E-state index contributed by atoms with van der Waals surface area (Å²) in [5.74, 6) is 0.758. The number of aliphatic hydroxyl groups is 1. The van der Waals surface area contributed by atoms with Gasteiger partial charge in [-0.25, -0.2) is 0 Å². The van der Waals surface area contributed by atoms with E-state index in [0.717, 1.165) is 0 Å². The van der Waals surface area contributed by atoms with E-state index >= 15 is 0 Å². The number of alkyl halides is 3. The van der Waals surface area contributed by atoms with E-state index < -0.39 is 12.3 Å². The predicted octanol–water partition coefficient (Wildman–Crippen LogP) is 4.07. The zero-order valence-electron chi connectivity index (χ0n) is 9.76. The van der Waals surface area contributed by atoms with E-state index in [4.69, 9.17) is 9.84 Å². The first-order valence-corrected chi connectivity index (χ1v) is 5.54. The highest BCUT2D eigenvalue weighted by Crippen LogP contribution is 2.34. The van der Waals surface area contributed by atoms with Crippen molar-refractivity contribution < 1.29 is 23.0 Å². The van der Waals surface area contributed by atoms with Crippen LogP contribution in [-0.4, -0.2) is 11.3 Å². The molecule has 0 unspecified atom stereocenters. The average molecular weight is 268 g/mol. The van der Waals surface area contributed by atoms with Gasteiger partial charge in [-0.1, -0.05) is 30.3 Å². The molecule has 0 amide bonds. The second-order valence-electron chi connectivity index (χ2n) is 3.93. The summed E-state index contributed by atoms with van der Waals surface area (Å²) in [5.41, 5.74) is -0.249. The Bertz CT molecular complexity index is 538. The van der Waals surface area contributed by atoms with Gasteiger partial charge < -0.3 is 9.84 Å². The molecule has 5 heteroatoms. The van der Waals surface area contributed by atoms with Gasteiger partial charge in [0.1, 0.15) is 11.5 Å². The van der Waals surface area contributed by atoms with Crippen molar-refractivity contribution in [3.8, 4) is 11.5 Å². The van der Waals surface area contributed by atoms with E-state index in [9.17, 15) is 13.2 Å². The van der Waals surface area contributed by atoms with Crippen LogP contribution in [0.2, 0.25) is 0 Å². The highest BCUT2D eigenvalue weighted by atomic mass is 19.4. The van der Waals surface area contributed by atoms with Crippen LogP contribution in [0.5, 0.6) is 11.5 Å². The normalized spacial score (nSPS) is 13.1. The molecule has 2 rings (SSSR count). The first-order chi connectivity index (χ1) is 8.97. The lowest BCUT2D eigenvalue weighted by molar-refractivity contribution is -0.206. The maximum atomic E-state index is 12.4. The summed E-state index contributed by atoms with van der Waals surface area (Å²) in [4.78, 5) is 0. The van der Waals surface area contributed by atoms with Gasteiger partial charge in [0.05, 0.1) is 0 Å².